The van der Waals surface area contributed by atoms with Crippen LogP contribution >= 0.6 is 12.2 Å². The van der Waals surface area contributed by atoms with Crippen molar-refractivity contribution in [1.29, 1.82) is 0 Å². The predicted octanol–water partition coefficient (Wildman–Crippen LogP) is -0.120. The van der Waals surface area contributed by atoms with Crippen LogP contribution in [0.2, 0.25) is 0 Å². The van der Waals surface area contributed by atoms with Gasteiger partial charge in [-0.2, -0.15) is 0 Å². The maximum atomic E-state index is 9.80. The molecule has 1 rings (SSSR count). The fourth-order valence-electron chi connectivity index (χ4n) is 1.64. The fourth-order valence-corrected chi connectivity index (χ4v) is 1.72. The predicted molar refractivity (Wildman–Crippen MR) is 76.1 cm³/mol. The van der Waals surface area contributed by atoms with Gasteiger partial charge in [-0.3, -0.25) is 4.98 Å². The molecule has 18 heavy (non-hydrogen) atoms. The van der Waals surface area contributed by atoms with Gasteiger partial charge in [0.15, 0.2) is 5.11 Å². The Morgan fingerprint density at radius 2 is 2.33 bits per heavy atom. The van der Waals surface area contributed by atoms with E-state index >= 15 is 0 Å². The number of nitrogens with one attached hydrogen (secondary N) is 1. The first-order valence-electron chi connectivity index (χ1n) is 5.77. The van der Waals surface area contributed by atoms with Crippen molar-refractivity contribution >= 4 is 17.3 Å². The number of rotatable bonds is 6. The first-order chi connectivity index (χ1) is 8.47. The molecule has 0 saturated heterocycles. The standard InChI is InChI=1S/C12H20N4OS/c1-16(2)8-9-3-4-14-10(5-9)6-11(17)7-15-12(13)18/h3-5,11,17H,6-8H2,1-2H3,(H3,13,15,18). The van der Waals surface area contributed by atoms with Crippen LogP contribution in [0, 0.1) is 0 Å². The minimum atomic E-state index is -0.548. The van der Waals surface area contributed by atoms with Gasteiger partial charge in [-0.1, -0.05) is 0 Å². The highest BCUT2D eigenvalue weighted by molar-refractivity contribution is 7.80. The van der Waals surface area contributed by atoms with Crippen molar-refractivity contribution in [2.45, 2.75) is 19.1 Å². The molecule has 1 aromatic heterocycles. The van der Waals surface area contributed by atoms with Crippen molar-refractivity contribution in [1.82, 2.24) is 15.2 Å². The quantitative estimate of drug-likeness (QED) is 0.625. The van der Waals surface area contributed by atoms with Crippen LogP contribution in [0.3, 0.4) is 0 Å². The monoisotopic (exact) mass is 268 g/mol. The van der Waals surface area contributed by atoms with E-state index in [9.17, 15) is 5.11 Å². The van der Waals surface area contributed by atoms with Gasteiger partial charge in [-0.25, -0.2) is 0 Å². The van der Waals surface area contributed by atoms with Crippen LogP contribution in [-0.4, -0.2) is 46.8 Å². The lowest BCUT2D eigenvalue weighted by Gasteiger charge is -2.13. The van der Waals surface area contributed by atoms with E-state index in [0.717, 1.165) is 12.2 Å². The summed E-state index contributed by atoms with van der Waals surface area (Å²) in [6.07, 6.45) is 1.70. The van der Waals surface area contributed by atoms with Gasteiger partial charge in [0, 0.05) is 31.4 Å². The van der Waals surface area contributed by atoms with Gasteiger partial charge in [-0.15, -0.1) is 0 Å². The second-order valence-corrected chi connectivity index (χ2v) is 4.94. The number of aliphatic hydroxyl groups is 1. The molecule has 1 aromatic rings. The zero-order valence-corrected chi connectivity index (χ0v) is 11.6. The van der Waals surface area contributed by atoms with Crippen molar-refractivity contribution < 1.29 is 5.11 Å². The molecule has 0 spiro atoms. The Hall–Kier alpha value is -1.24. The van der Waals surface area contributed by atoms with Crippen LogP contribution < -0.4 is 11.1 Å². The molecule has 0 aliphatic rings. The van der Waals surface area contributed by atoms with Crippen LogP contribution in [0.25, 0.3) is 0 Å². The van der Waals surface area contributed by atoms with E-state index in [2.05, 4.69) is 27.4 Å². The van der Waals surface area contributed by atoms with Gasteiger partial charge in [-0.05, 0) is 44.0 Å². The largest absolute Gasteiger partial charge is 0.391 e. The van der Waals surface area contributed by atoms with E-state index in [-0.39, 0.29) is 5.11 Å². The molecule has 1 atom stereocenters. The average Bonchev–Trinajstić information content (AvgIpc) is 2.26. The van der Waals surface area contributed by atoms with E-state index < -0.39 is 6.10 Å². The van der Waals surface area contributed by atoms with Crippen molar-refractivity contribution in [2.24, 2.45) is 5.73 Å². The molecule has 0 saturated carbocycles. The fraction of sp³-hybridized carbons (Fsp3) is 0.500. The van der Waals surface area contributed by atoms with Crippen molar-refractivity contribution in [3.8, 4) is 0 Å². The number of aromatic nitrogens is 1. The molecule has 1 heterocycles. The summed E-state index contributed by atoms with van der Waals surface area (Å²) in [5, 5.41) is 12.7. The normalized spacial score (nSPS) is 12.4. The highest BCUT2D eigenvalue weighted by Crippen LogP contribution is 2.06. The molecule has 0 bridgehead atoms. The van der Waals surface area contributed by atoms with Crippen LogP contribution in [-0.2, 0) is 13.0 Å². The van der Waals surface area contributed by atoms with Gasteiger partial charge in [0.1, 0.15) is 0 Å². The SMILES string of the molecule is CN(C)Cc1ccnc(CC(O)CNC(N)=S)c1. The smallest absolute Gasteiger partial charge is 0.163 e. The van der Waals surface area contributed by atoms with E-state index in [0.29, 0.717) is 13.0 Å². The van der Waals surface area contributed by atoms with E-state index in [1.165, 1.54) is 5.56 Å². The molecule has 0 aliphatic carbocycles. The van der Waals surface area contributed by atoms with Crippen LogP contribution in [0.1, 0.15) is 11.3 Å². The Morgan fingerprint density at radius 1 is 1.61 bits per heavy atom. The lowest BCUT2D eigenvalue weighted by molar-refractivity contribution is 0.177. The van der Waals surface area contributed by atoms with E-state index in [4.69, 9.17) is 5.73 Å². The number of hydrogen-bond donors (Lipinski definition) is 3. The molecule has 0 amide bonds. The number of nitrogens with zero attached hydrogens (tertiary/aromatic N) is 2. The number of pyridine rings is 1. The summed E-state index contributed by atoms with van der Waals surface area (Å²) in [6.45, 7) is 1.20. The van der Waals surface area contributed by atoms with Gasteiger partial charge >= 0.3 is 0 Å². The Morgan fingerprint density at radius 3 is 2.94 bits per heavy atom. The zero-order valence-electron chi connectivity index (χ0n) is 10.8. The molecule has 0 aromatic carbocycles. The van der Waals surface area contributed by atoms with E-state index in [1.54, 1.807) is 6.20 Å². The van der Waals surface area contributed by atoms with Crippen LogP contribution in [0.15, 0.2) is 18.3 Å². The number of hydrogen-bond acceptors (Lipinski definition) is 4. The Bertz CT molecular complexity index is 397. The Kier molecular flexibility index (Phi) is 5.97. The Balaban J connectivity index is 2.53. The molecule has 1 unspecified atom stereocenters. The van der Waals surface area contributed by atoms with Crippen molar-refractivity contribution in [3.05, 3.63) is 29.6 Å². The summed E-state index contributed by atoms with van der Waals surface area (Å²) in [5.41, 5.74) is 7.35. The summed E-state index contributed by atoms with van der Waals surface area (Å²) in [6, 6.07) is 3.98. The average molecular weight is 268 g/mol. The van der Waals surface area contributed by atoms with E-state index in [1.807, 2.05) is 26.2 Å². The summed E-state index contributed by atoms with van der Waals surface area (Å²) < 4.78 is 0. The molecule has 5 nitrogen and oxygen atoms in total. The van der Waals surface area contributed by atoms with Crippen LogP contribution in [0.4, 0.5) is 0 Å². The third-order valence-electron chi connectivity index (χ3n) is 2.34. The van der Waals surface area contributed by atoms with Crippen LogP contribution in [0.5, 0.6) is 0 Å². The summed E-state index contributed by atoms with van der Waals surface area (Å²) in [4.78, 5) is 6.33. The number of nitrogens with two attached hydrogens (primary N) is 1. The summed E-state index contributed by atoms with van der Waals surface area (Å²) in [5.74, 6) is 0. The minimum Gasteiger partial charge on any atom is -0.391 e. The molecule has 6 heteroatoms. The highest BCUT2D eigenvalue weighted by atomic mass is 32.1. The van der Waals surface area contributed by atoms with Gasteiger partial charge in [0.05, 0.1) is 6.10 Å². The third kappa shape index (κ3) is 5.90. The van der Waals surface area contributed by atoms with Crippen molar-refractivity contribution in [2.75, 3.05) is 20.6 Å². The molecular formula is C12H20N4OS. The van der Waals surface area contributed by atoms with Gasteiger partial charge in [0.25, 0.3) is 0 Å². The third-order valence-corrected chi connectivity index (χ3v) is 2.48. The molecule has 0 radical (unpaired) electrons. The Labute approximate surface area is 113 Å². The highest BCUT2D eigenvalue weighted by Gasteiger charge is 2.07. The second-order valence-electron chi connectivity index (χ2n) is 4.50. The summed E-state index contributed by atoms with van der Waals surface area (Å²) in [7, 11) is 4.03. The van der Waals surface area contributed by atoms with Gasteiger partial charge < -0.3 is 21.1 Å². The second kappa shape index (κ2) is 7.25. The first-order valence-corrected chi connectivity index (χ1v) is 6.18. The first kappa shape index (κ1) is 14.8. The molecule has 100 valence electrons. The van der Waals surface area contributed by atoms with Gasteiger partial charge in [0.2, 0.25) is 0 Å². The molecular weight excluding hydrogens is 248 g/mol. The molecule has 0 fully saturated rings. The lowest BCUT2D eigenvalue weighted by Crippen LogP contribution is -2.36. The zero-order chi connectivity index (χ0) is 13.5. The lowest BCUT2D eigenvalue weighted by atomic mass is 10.1. The maximum Gasteiger partial charge on any atom is 0.163 e. The van der Waals surface area contributed by atoms with Crippen molar-refractivity contribution in [3.63, 3.8) is 0 Å². The number of aliphatic hydroxyl groups excluding tert-OH is 1. The maximum absolute atomic E-state index is 9.80. The molecule has 4 N–H and O–H groups in total. The number of thiocarbonyl (C=S) groups is 1. The topological polar surface area (TPSA) is 74.4 Å². The minimum absolute atomic E-state index is 0.198. The summed E-state index contributed by atoms with van der Waals surface area (Å²) >= 11 is 4.68. The molecule has 0 aliphatic heterocycles.